The summed E-state index contributed by atoms with van der Waals surface area (Å²) in [6, 6.07) is 17.2. The van der Waals surface area contributed by atoms with E-state index in [4.69, 9.17) is 0 Å². The zero-order valence-corrected chi connectivity index (χ0v) is 10.7. The van der Waals surface area contributed by atoms with E-state index in [2.05, 4.69) is 79.0 Å². The average Bonchev–Trinajstić information content (AvgIpc) is 2.39. The highest BCUT2D eigenvalue weighted by Crippen LogP contribution is 2.21. The lowest BCUT2D eigenvalue weighted by atomic mass is 9.98. The molecular weight excluding hydrogens is 218 g/mol. The Kier molecular flexibility index (Phi) is 2.62. The van der Waals surface area contributed by atoms with Crippen LogP contribution in [0.2, 0.25) is 0 Å². The van der Waals surface area contributed by atoms with Gasteiger partial charge in [0.05, 0.1) is 5.22 Å². The first kappa shape index (κ1) is 11.0. The summed E-state index contributed by atoms with van der Waals surface area (Å²) >= 11 is 0. The Labute approximate surface area is 107 Å². The lowest BCUT2D eigenvalue weighted by Gasteiger charge is -2.12. The maximum Gasteiger partial charge on any atom is 0.206 e. The van der Waals surface area contributed by atoms with Crippen LogP contribution in [0.15, 0.2) is 48.5 Å². The van der Waals surface area contributed by atoms with Gasteiger partial charge in [0.2, 0.25) is 6.04 Å². The molecule has 0 amide bonds. The fourth-order valence-corrected chi connectivity index (χ4v) is 2.50. The van der Waals surface area contributed by atoms with E-state index in [0.29, 0.717) is 0 Å². The van der Waals surface area contributed by atoms with E-state index in [9.17, 15) is 0 Å². The maximum absolute atomic E-state index is 3.44. The summed E-state index contributed by atoms with van der Waals surface area (Å²) in [7, 11) is 2.09. The van der Waals surface area contributed by atoms with Crippen LogP contribution < -0.4 is 10.4 Å². The summed E-state index contributed by atoms with van der Waals surface area (Å²) in [5.41, 5.74) is 2.67. The standard InChI is InChI=1S/C17H16N/c1-13-7-3-6-10-16(13)17-11-14-8-4-5-9-15(14)12-18(17)2/h3-11,17H,1-2H3/q+1. The van der Waals surface area contributed by atoms with E-state index < -0.39 is 0 Å². The van der Waals surface area contributed by atoms with Crippen molar-refractivity contribution in [3.05, 3.63) is 70.1 Å². The van der Waals surface area contributed by atoms with Crippen LogP contribution in [0.3, 0.4) is 0 Å². The van der Waals surface area contributed by atoms with Crippen molar-refractivity contribution in [2.24, 2.45) is 0 Å². The summed E-state index contributed by atoms with van der Waals surface area (Å²) in [4.78, 5) is 0. The molecular formula is C17H16N+. The van der Waals surface area contributed by atoms with Gasteiger partial charge in [-0.3, -0.25) is 0 Å². The van der Waals surface area contributed by atoms with Crippen LogP contribution in [0.25, 0.3) is 6.08 Å². The number of nitrogens with zero attached hydrogens (tertiary/aromatic N) is 1. The molecule has 1 heteroatoms. The lowest BCUT2D eigenvalue weighted by Crippen LogP contribution is -2.34. The average molecular weight is 234 g/mol. The van der Waals surface area contributed by atoms with Gasteiger partial charge in [-0.2, -0.15) is 4.58 Å². The van der Waals surface area contributed by atoms with Crippen LogP contribution in [-0.2, 0) is 0 Å². The van der Waals surface area contributed by atoms with Crippen LogP contribution in [-0.4, -0.2) is 17.5 Å². The largest absolute Gasteiger partial charge is 0.206 e. The fraction of sp³-hybridized carbons (Fsp3) is 0.176. The summed E-state index contributed by atoms with van der Waals surface area (Å²) in [6.07, 6.45) is 2.31. The Balaban J connectivity index is 2.25. The Morgan fingerprint density at radius 2 is 1.72 bits per heavy atom. The second-order valence-corrected chi connectivity index (χ2v) is 4.78. The van der Waals surface area contributed by atoms with E-state index in [1.807, 2.05) is 0 Å². The van der Waals surface area contributed by atoms with Crippen LogP contribution >= 0.6 is 0 Å². The number of aryl methyl sites for hydroxylation is 1. The van der Waals surface area contributed by atoms with Gasteiger partial charge in [-0.15, -0.1) is 0 Å². The Morgan fingerprint density at radius 1 is 1.00 bits per heavy atom. The predicted octanol–water partition coefficient (Wildman–Crippen LogP) is 1.51. The van der Waals surface area contributed by atoms with E-state index >= 15 is 0 Å². The molecule has 0 spiro atoms. The molecule has 0 aliphatic carbocycles. The number of benzene rings is 2. The number of hydrogen-bond acceptors (Lipinski definition) is 0. The third kappa shape index (κ3) is 1.79. The molecule has 0 aromatic heterocycles. The molecule has 0 saturated heterocycles. The van der Waals surface area contributed by atoms with E-state index in [1.54, 1.807) is 0 Å². The molecule has 1 heterocycles. The molecule has 1 aliphatic heterocycles. The number of fused-ring (bicyclic) bond motifs is 1. The first-order valence-corrected chi connectivity index (χ1v) is 6.24. The monoisotopic (exact) mass is 234 g/mol. The molecule has 1 atom stereocenters. The second-order valence-electron chi connectivity index (χ2n) is 4.78. The van der Waals surface area contributed by atoms with Crippen LogP contribution in [0.1, 0.15) is 17.2 Å². The topological polar surface area (TPSA) is 3.01 Å². The third-order valence-electron chi connectivity index (χ3n) is 3.52. The highest BCUT2D eigenvalue weighted by molar-refractivity contribution is 5.54. The fourth-order valence-electron chi connectivity index (χ4n) is 2.50. The van der Waals surface area contributed by atoms with Gasteiger partial charge in [-0.1, -0.05) is 42.5 Å². The van der Waals surface area contributed by atoms with Gasteiger partial charge in [0, 0.05) is 5.56 Å². The summed E-state index contributed by atoms with van der Waals surface area (Å²) in [5, 5.41) is 2.44. The molecule has 0 N–H and O–H groups in total. The highest BCUT2D eigenvalue weighted by Gasteiger charge is 2.20. The molecule has 2 aromatic rings. The molecule has 18 heavy (non-hydrogen) atoms. The zero-order chi connectivity index (χ0) is 12.5. The Hall–Kier alpha value is -2.11. The SMILES string of the molecule is Cc1ccccc1C1C=c2ccccc2=C=[N+]1C. The van der Waals surface area contributed by atoms with Gasteiger partial charge in [0.1, 0.15) is 7.05 Å². The quantitative estimate of drug-likeness (QED) is 0.658. The summed E-state index contributed by atoms with van der Waals surface area (Å²) < 4.78 is 2.16. The summed E-state index contributed by atoms with van der Waals surface area (Å²) in [5.74, 6) is 3.44. The molecule has 2 aromatic carbocycles. The van der Waals surface area contributed by atoms with Crippen molar-refractivity contribution in [1.29, 1.82) is 0 Å². The van der Waals surface area contributed by atoms with Gasteiger partial charge in [-0.05, 0) is 29.8 Å². The van der Waals surface area contributed by atoms with E-state index in [-0.39, 0.29) is 6.04 Å². The maximum atomic E-state index is 3.44. The van der Waals surface area contributed by atoms with E-state index in [1.165, 1.54) is 21.6 Å². The van der Waals surface area contributed by atoms with Crippen molar-refractivity contribution < 1.29 is 4.58 Å². The smallest absolute Gasteiger partial charge is 0.180 e. The molecule has 88 valence electrons. The van der Waals surface area contributed by atoms with Crippen LogP contribution in [0.4, 0.5) is 0 Å². The molecule has 1 nitrogen and oxygen atoms in total. The van der Waals surface area contributed by atoms with Crippen molar-refractivity contribution in [2.45, 2.75) is 13.0 Å². The molecule has 1 unspecified atom stereocenters. The molecule has 1 aliphatic rings. The van der Waals surface area contributed by atoms with Gasteiger partial charge >= 0.3 is 0 Å². The Morgan fingerprint density at radius 3 is 2.56 bits per heavy atom. The van der Waals surface area contributed by atoms with Gasteiger partial charge in [0.15, 0.2) is 5.87 Å². The highest BCUT2D eigenvalue weighted by atomic mass is 15.0. The number of rotatable bonds is 1. The molecule has 0 fully saturated rings. The Bertz CT molecular complexity index is 749. The second kappa shape index (κ2) is 4.29. The molecule has 0 radical (unpaired) electrons. The molecule has 0 saturated carbocycles. The van der Waals surface area contributed by atoms with E-state index in [0.717, 1.165) is 0 Å². The van der Waals surface area contributed by atoms with Crippen LogP contribution in [0.5, 0.6) is 0 Å². The van der Waals surface area contributed by atoms with Crippen molar-refractivity contribution >= 4 is 11.9 Å². The van der Waals surface area contributed by atoms with Gasteiger partial charge < -0.3 is 0 Å². The molecule has 0 bridgehead atoms. The van der Waals surface area contributed by atoms with Crippen molar-refractivity contribution in [3.63, 3.8) is 0 Å². The molecule has 3 rings (SSSR count). The summed E-state index contributed by atoms with van der Waals surface area (Å²) in [6.45, 7) is 2.16. The minimum atomic E-state index is 0.279. The normalized spacial score (nSPS) is 17.2. The third-order valence-corrected chi connectivity index (χ3v) is 3.52. The number of hydrogen-bond donors (Lipinski definition) is 0. The van der Waals surface area contributed by atoms with Gasteiger partial charge in [-0.25, -0.2) is 0 Å². The predicted molar refractivity (Wildman–Crippen MR) is 74.4 cm³/mol. The first-order chi connectivity index (χ1) is 8.75. The minimum Gasteiger partial charge on any atom is -0.180 e. The van der Waals surface area contributed by atoms with Crippen molar-refractivity contribution in [1.82, 2.24) is 0 Å². The van der Waals surface area contributed by atoms with Crippen molar-refractivity contribution in [2.75, 3.05) is 7.05 Å². The van der Waals surface area contributed by atoms with Gasteiger partial charge in [0.25, 0.3) is 0 Å². The minimum absolute atomic E-state index is 0.279. The van der Waals surface area contributed by atoms with Crippen LogP contribution in [0, 0.1) is 6.92 Å². The van der Waals surface area contributed by atoms with Crippen molar-refractivity contribution in [3.8, 4) is 0 Å². The first-order valence-electron chi connectivity index (χ1n) is 6.24. The zero-order valence-electron chi connectivity index (χ0n) is 10.7. The lowest BCUT2D eigenvalue weighted by molar-refractivity contribution is -0.521.